The summed E-state index contributed by atoms with van der Waals surface area (Å²) in [6.07, 6.45) is 1.71. The molecule has 1 saturated heterocycles. The zero-order valence-electron chi connectivity index (χ0n) is 11.8. The topological polar surface area (TPSA) is 55.2 Å². The maximum atomic E-state index is 5.51. The monoisotopic (exact) mass is 273 g/mol. The molecular weight excluding hydrogens is 254 g/mol. The van der Waals surface area contributed by atoms with Crippen LogP contribution in [0.1, 0.15) is 5.82 Å². The van der Waals surface area contributed by atoms with Gasteiger partial charge >= 0.3 is 0 Å². The van der Waals surface area contributed by atoms with Crippen LogP contribution < -0.4 is 15.0 Å². The number of benzene rings is 1. The molecule has 2 aromatic rings. The molecule has 2 heterocycles. The highest BCUT2D eigenvalue weighted by molar-refractivity contribution is 5.59. The number of hydrogen-bond donors (Lipinski definition) is 1. The van der Waals surface area contributed by atoms with Crippen LogP contribution >= 0.6 is 0 Å². The highest BCUT2D eigenvalue weighted by Gasteiger charge is 2.14. The Balaban J connectivity index is 1.93. The summed E-state index contributed by atoms with van der Waals surface area (Å²) in [5.74, 6) is 1.56. The van der Waals surface area contributed by atoms with Gasteiger partial charge in [-0.3, -0.25) is 0 Å². The normalized spacial score (nSPS) is 15.4. The van der Waals surface area contributed by atoms with E-state index in [1.807, 2.05) is 13.0 Å². The molecule has 0 radical (unpaired) electrons. The number of anilines is 1. The third-order valence-electron chi connectivity index (χ3n) is 3.50. The Labute approximate surface area is 118 Å². The highest BCUT2D eigenvalue weighted by Crippen LogP contribution is 2.28. The van der Waals surface area contributed by atoms with E-state index >= 15 is 0 Å². The van der Waals surface area contributed by atoms with Gasteiger partial charge in [0.1, 0.15) is 23.6 Å². The van der Waals surface area contributed by atoms with Crippen molar-refractivity contribution in [1.82, 2.24) is 20.1 Å². The van der Waals surface area contributed by atoms with Crippen LogP contribution in [0, 0.1) is 6.92 Å². The molecule has 0 saturated carbocycles. The molecular formula is C14H19N5O. The fourth-order valence-electron chi connectivity index (χ4n) is 2.44. The van der Waals surface area contributed by atoms with Crippen molar-refractivity contribution < 1.29 is 4.74 Å². The van der Waals surface area contributed by atoms with Gasteiger partial charge in [-0.05, 0) is 19.1 Å². The van der Waals surface area contributed by atoms with E-state index in [0.29, 0.717) is 0 Å². The molecule has 1 N–H and O–H groups in total. The van der Waals surface area contributed by atoms with Crippen LogP contribution in [0.5, 0.6) is 5.75 Å². The number of methoxy groups -OCH3 is 1. The molecule has 1 aromatic heterocycles. The Hall–Kier alpha value is -2.08. The van der Waals surface area contributed by atoms with Gasteiger partial charge in [-0.1, -0.05) is 0 Å². The smallest absolute Gasteiger partial charge is 0.147 e. The molecule has 0 aliphatic carbocycles. The van der Waals surface area contributed by atoms with E-state index in [2.05, 4.69) is 32.4 Å². The van der Waals surface area contributed by atoms with Crippen LogP contribution in [-0.2, 0) is 0 Å². The number of piperazine rings is 1. The molecule has 20 heavy (non-hydrogen) atoms. The van der Waals surface area contributed by atoms with E-state index in [1.54, 1.807) is 18.1 Å². The van der Waals surface area contributed by atoms with Gasteiger partial charge in [0.25, 0.3) is 0 Å². The van der Waals surface area contributed by atoms with Crippen LogP contribution in [0.15, 0.2) is 24.5 Å². The van der Waals surface area contributed by atoms with Crippen molar-refractivity contribution in [3.8, 4) is 11.4 Å². The predicted molar refractivity (Wildman–Crippen MR) is 77.7 cm³/mol. The number of hydrogen-bond acceptors (Lipinski definition) is 5. The molecule has 1 aliphatic rings. The fourth-order valence-corrected chi connectivity index (χ4v) is 2.44. The molecule has 1 aliphatic heterocycles. The summed E-state index contributed by atoms with van der Waals surface area (Å²) < 4.78 is 7.26. The minimum absolute atomic E-state index is 0.748. The number of rotatable bonds is 3. The summed E-state index contributed by atoms with van der Waals surface area (Å²) in [5.41, 5.74) is 2.09. The molecule has 0 unspecified atom stereocenters. The van der Waals surface area contributed by atoms with Crippen LogP contribution in [0.4, 0.5) is 5.69 Å². The van der Waals surface area contributed by atoms with Crippen molar-refractivity contribution in [3.05, 3.63) is 30.4 Å². The first-order valence-corrected chi connectivity index (χ1v) is 6.80. The Bertz CT molecular complexity index is 589. The third kappa shape index (κ3) is 2.46. The maximum Gasteiger partial charge on any atom is 0.147 e. The van der Waals surface area contributed by atoms with Gasteiger partial charge in [0.05, 0.1) is 7.11 Å². The number of ether oxygens (including phenoxy) is 1. The lowest BCUT2D eigenvalue weighted by Gasteiger charge is -2.29. The molecule has 0 spiro atoms. The Morgan fingerprint density at radius 3 is 2.70 bits per heavy atom. The molecule has 3 rings (SSSR count). The number of nitrogens with one attached hydrogen (secondary N) is 1. The van der Waals surface area contributed by atoms with Crippen LogP contribution in [0.3, 0.4) is 0 Å². The molecule has 0 bridgehead atoms. The highest BCUT2D eigenvalue weighted by atomic mass is 16.5. The van der Waals surface area contributed by atoms with E-state index in [1.165, 1.54) is 5.69 Å². The van der Waals surface area contributed by atoms with E-state index in [4.69, 9.17) is 4.74 Å². The molecule has 1 aromatic carbocycles. The summed E-state index contributed by atoms with van der Waals surface area (Å²) >= 11 is 0. The second-order valence-corrected chi connectivity index (χ2v) is 4.83. The van der Waals surface area contributed by atoms with E-state index in [9.17, 15) is 0 Å². The van der Waals surface area contributed by atoms with Crippen molar-refractivity contribution >= 4 is 5.69 Å². The Morgan fingerprint density at radius 2 is 2.05 bits per heavy atom. The van der Waals surface area contributed by atoms with E-state index in [0.717, 1.165) is 43.4 Å². The summed E-state index contributed by atoms with van der Waals surface area (Å²) in [4.78, 5) is 6.51. The largest absolute Gasteiger partial charge is 0.494 e. The lowest BCUT2D eigenvalue weighted by molar-refractivity contribution is 0.411. The molecule has 106 valence electrons. The average molecular weight is 273 g/mol. The maximum absolute atomic E-state index is 5.51. The first-order chi connectivity index (χ1) is 9.78. The van der Waals surface area contributed by atoms with E-state index in [-0.39, 0.29) is 0 Å². The second-order valence-electron chi connectivity index (χ2n) is 4.83. The molecule has 0 amide bonds. The number of aryl methyl sites for hydroxylation is 1. The minimum atomic E-state index is 0.748. The van der Waals surface area contributed by atoms with Gasteiger partial charge in [-0.2, -0.15) is 5.10 Å². The molecule has 6 nitrogen and oxygen atoms in total. The van der Waals surface area contributed by atoms with Crippen molar-refractivity contribution in [2.45, 2.75) is 6.92 Å². The van der Waals surface area contributed by atoms with Crippen molar-refractivity contribution in [3.63, 3.8) is 0 Å². The number of aromatic nitrogens is 3. The minimum Gasteiger partial charge on any atom is -0.494 e. The summed E-state index contributed by atoms with van der Waals surface area (Å²) in [6.45, 7) is 5.95. The lowest BCUT2D eigenvalue weighted by atomic mass is 10.2. The van der Waals surface area contributed by atoms with Gasteiger partial charge in [0, 0.05) is 37.9 Å². The summed E-state index contributed by atoms with van der Waals surface area (Å²) in [6, 6.07) is 6.21. The van der Waals surface area contributed by atoms with Crippen LogP contribution in [0.25, 0.3) is 5.69 Å². The fraction of sp³-hybridized carbons (Fsp3) is 0.429. The van der Waals surface area contributed by atoms with Gasteiger partial charge in [0.2, 0.25) is 0 Å². The molecule has 6 heteroatoms. The standard InChI is InChI=1S/C14H19N5O/c1-11-16-10-19(17-11)13-4-3-12(9-14(13)20-2)18-7-5-15-6-8-18/h3-4,9-10,15H,5-8H2,1-2H3. The summed E-state index contributed by atoms with van der Waals surface area (Å²) in [7, 11) is 1.68. The average Bonchev–Trinajstić information content (AvgIpc) is 2.94. The van der Waals surface area contributed by atoms with Crippen LogP contribution in [0.2, 0.25) is 0 Å². The van der Waals surface area contributed by atoms with Gasteiger partial charge in [0.15, 0.2) is 0 Å². The first-order valence-electron chi connectivity index (χ1n) is 6.80. The van der Waals surface area contributed by atoms with Crippen molar-refractivity contribution in [2.75, 3.05) is 38.2 Å². The van der Waals surface area contributed by atoms with Gasteiger partial charge in [-0.15, -0.1) is 0 Å². The lowest BCUT2D eigenvalue weighted by Crippen LogP contribution is -2.43. The van der Waals surface area contributed by atoms with Crippen molar-refractivity contribution in [2.24, 2.45) is 0 Å². The van der Waals surface area contributed by atoms with Crippen LogP contribution in [-0.4, -0.2) is 48.1 Å². The Kier molecular flexibility index (Phi) is 3.56. The Morgan fingerprint density at radius 1 is 1.25 bits per heavy atom. The zero-order chi connectivity index (χ0) is 13.9. The predicted octanol–water partition coefficient (Wildman–Crippen LogP) is 0.994. The van der Waals surface area contributed by atoms with Gasteiger partial charge in [-0.25, -0.2) is 9.67 Å². The SMILES string of the molecule is COc1cc(N2CCNCC2)ccc1-n1cnc(C)n1. The molecule has 0 atom stereocenters. The van der Waals surface area contributed by atoms with Gasteiger partial charge < -0.3 is 15.0 Å². The van der Waals surface area contributed by atoms with E-state index < -0.39 is 0 Å². The second kappa shape index (κ2) is 5.50. The van der Waals surface area contributed by atoms with Crippen molar-refractivity contribution in [1.29, 1.82) is 0 Å². The summed E-state index contributed by atoms with van der Waals surface area (Å²) in [5, 5.41) is 7.69. The third-order valence-corrected chi connectivity index (χ3v) is 3.50. The quantitative estimate of drug-likeness (QED) is 0.904. The first kappa shape index (κ1) is 12.9. The molecule has 1 fully saturated rings. The number of nitrogens with zero attached hydrogens (tertiary/aromatic N) is 4. The zero-order valence-corrected chi connectivity index (χ0v) is 11.8.